The summed E-state index contributed by atoms with van der Waals surface area (Å²) in [5.41, 5.74) is 0.804. The number of hydrogen-bond donors (Lipinski definition) is 1. The predicted octanol–water partition coefficient (Wildman–Crippen LogP) is 3.30. The van der Waals surface area contributed by atoms with Crippen LogP contribution in [0.25, 0.3) is 10.8 Å². The molecule has 112 valence electrons. The Morgan fingerprint density at radius 3 is 2.62 bits per heavy atom. The van der Waals surface area contributed by atoms with Crippen LogP contribution in [0.1, 0.15) is 30.6 Å². The maximum atomic E-state index is 12.8. The average Bonchev–Trinajstić information content (AvgIpc) is 2.54. The first-order valence-corrected chi connectivity index (χ1v) is 7.75. The number of carbonyl (C=O) groups excluding carboxylic acids is 1. The number of carbonyl (C=O) groups is 1. The van der Waals surface area contributed by atoms with Gasteiger partial charge in [-0.1, -0.05) is 43.3 Å². The van der Waals surface area contributed by atoms with E-state index in [0.717, 1.165) is 48.9 Å². The molecule has 0 aliphatic rings. The Morgan fingerprint density at radius 1 is 1.10 bits per heavy atom. The summed E-state index contributed by atoms with van der Waals surface area (Å²) in [6.07, 6.45) is 0.984. The van der Waals surface area contributed by atoms with Crippen molar-refractivity contribution in [2.75, 3.05) is 26.2 Å². The normalized spacial score (nSPS) is 10.8. The molecule has 0 aliphatic carbocycles. The van der Waals surface area contributed by atoms with E-state index >= 15 is 0 Å². The fraction of sp³-hybridized carbons (Fsp3) is 0.389. The smallest absolute Gasteiger partial charge is 0.254 e. The van der Waals surface area contributed by atoms with Crippen LogP contribution >= 0.6 is 0 Å². The van der Waals surface area contributed by atoms with Gasteiger partial charge in [-0.25, -0.2) is 0 Å². The molecule has 0 heterocycles. The predicted molar refractivity (Wildman–Crippen MR) is 88.7 cm³/mol. The quantitative estimate of drug-likeness (QED) is 0.791. The second-order valence-corrected chi connectivity index (χ2v) is 5.12. The van der Waals surface area contributed by atoms with Crippen LogP contribution in [-0.4, -0.2) is 37.0 Å². The number of benzene rings is 2. The van der Waals surface area contributed by atoms with Gasteiger partial charge in [0.2, 0.25) is 0 Å². The van der Waals surface area contributed by atoms with Crippen molar-refractivity contribution in [1.29, 1.82) is 0 Å². The minimum Gasteiger partial charge on any atom is -0.339 e. The molecule has 21 heavy (non-hydrogen) atoms. The van der Waals surface area contributed by atoms with Gasteiger partial charge in [0.1, 0.15) is 0 Å². The van der Waals surface area contributed by atoms with Crippen molar-refractivity contribution < 1.29 is 4.79 Å². The minimum absolute atomic E-state index is 0.130. The van der Waals surface area contributed by atoms with Crippen LogP contribution in [0, 0.1) is 0 Å². The lowest BCUT2D eigenvalue weighted by atomic mass is 10.0. The maximum Gasteiger partial charge on any atom is 0.254 e. The summed E-state index contributed by atoms with van der Waals surface area (Å²) < 4.78 is 0. The van der Waals surface area contributed by atoms with Crippen LogP contribution in [0.2, 0.25) is 0 Å². The van der Waals surface area contributed by atoms with E-state index in [-0.39, 0.29) is 5.91 Å². The van der Waals surface area contributed by atoms with Crippen LogP contribution in [-0.2, 0) is 0 Å². The number of rotatable bonds is 7. The average molecular weight is 284 g/mol. The van der Waals surface area contributed by atoms with Crippen LogP contribution in [0.3, 0.4) is 0 Å². The number of fused-ring (bicyclic) bond motifs is 1. The first-order chi connectivity index (χ1) is 10.3. The van der Waals surface area contributed by atoms with Gasteiger partial charge in [-0.2, -0.15) is 0 Å². The van der Waals surface area contributed by atoms with Crippen LogP contribution < -0.4 is 5.32 Å². The molecule has 0 aliphatic heterocycles. The Labute approximate surface area is 127 Å². The molecule has 0 atom stereocenters. The maximum absolute atomic E-state index is 12.8. The summed E-state index contributed by atoms with van der Waals surface area (Å²) in [6, 6.07) is 14.0. The van der Waals surface area contributed by atoms with E-state index < -0.39 is 0 Å². The zero-order valence-corrected chi connectivity index (χ0v) is 12.9. The zero-order valence-electron chi connectivity index (χ0n) is 12.9. The third-order valence-corrected chi connectivity index (χ3v) is 3.72. The monoisotopic (exact) mass is 284 g/mol. The van der Waals surface area contributed by atoms with Gasteiger partial charge in [0.05, 0.1) is 0 Å². The molecule has 0 radical (unpaired) electrons. The highest BCUT2D eigenvalue weighted by atomic mass is 16.2. The van der Waals surface area contributed by atoms with E-state index in [1.165, 1.54) is 0 Å². The van der Waals surface area contributed by atoms with Gasteiger partial charge in [-0.05, 0) is 43.3 Å². The number of amides is 1. The van der Waals surface area contributed by atoms with Gasteiger partial charge in [-0.15, -0.1) is 0 Å². The second kappa shape index (κ2) is 7.79. The summed E-state index contributed by atoms with van der Waals surface area (Å²) in [5, 5.41) is 5.45. The van der Waals surface area contributed by atoms with Crippen molar-refractivity contribution in [3.05, 3.63) is 48.0 Å². The fourth-order valence-electron chi connectivity index (χ4n) is 2.56. The topological polar surface area (TPSA) is 32.3 Å². The van der Waals surface area contributed by atoms with E-state index in [1.807, 2.05) is 54.3 Å². The lowest BCUT2D eigenvalue weighted by molar-refractivity contribution is 0.0764. The molecule has 2 aromatic carbocycles. The lowest BCUT2D eigenvalue weighted by Gasteiger charge is -2.21. The van der Waals surface area contributed by atoms with E-state index in [0.29, 0.717) is 0 Å². The molecular weight excluding hydrogens is 260 g/mol. The van der Waals surface area contributed by atoms with E-state index in [4.69, 9.17) is 0 Å². The molecule has 3 heteroatoms. The molecule has 3 nitrogen and oxygen atoms in total. The Hall–Kier alpha value is -1.87. The van der Waals surface area contributed by atoms with Crippen molar-refractivity contribution >= 4 is 16.7 Å². The SMILES string of the molecule is CCNCCCN(CC)C(=O)c1cccc2ccccc12. The molecule has 2 aromatic rings. The molecule has 0 saturated carbocycles. The number of hydrogen-bond acceptors (Lipinski definition) is 2. The Kier molecular flexibility index (Phi) is 5.76. The van der Waals surface area contributed by atoms with Crippen molar-refractivity contribution in [2.24, 2.45) is 0 Å². The van der Waals surface area contributed by atoms with Gasteiger partial charge < -0.3 is 10.2 Å². The molecule has 1 N–H and O–H groups in total. The van der Waals surface area contributed by atoms with Crippen molar-refractivity contribution in [2.45, 2.75) is 20.3 Å². The van der Waals surface area contributed by atoms with Crippen LogP contribution in [0.4, 0.5) is 0 Å². The van der Waals surface area contributed by atoms with Gasteiger partial charge in [0.15, 0.2) is 0 Å². The van der Waals surface area contributed by atoms with Gasteiger partial charge in [-0.3, -0.25) is 4.79 Å². The summed E-state index contributed by atoms with van der Waals surface area (Å²) in [6.45, 7) is 7.61. The Morgan fingerprint density at radius 2 is 1.86 bits per heavy atom. The van der Waals surface area contributed by atoms with E-state index in [1.54, 1.807) is 0 Å². The molecule has 2 rings (SSSR count). The summed E-state index contributed by atoms with van der Waals surface area (Å²) in [7, 11) is 0. The number of nitrogens with one attached hydrogen (secondary N) is 1. The van der Waals surface area contributed by atoms with Crippen molar-refractivity contribution in [3.8, 4) is 0 Å². The highest BCUT2D eigenvalue weighted by Crippen LogP contribution is 2.20. The minimum atomic E-state index is 0.130. The highest BCUT2D eigenvalue weighted by Gasteiger charge is 2.15. The standard InChI is InChI=1S/C18H24N2O/c1-3-19-13-8-14-20(4-2)18(21)17-12-7-10-15-9-5-6-11-16(15)17/h5-7,9-12,19H,3-4,8,13-14H2,1-2H3. The molecule has 0 unspecified atom stereocenters. The van der Waals surface area contributed by atoms with Gasteiger partial charge >= 0.3 is 0 Å². The lowest BCUT2D eigenvalue weighted by Crippen LogP contribution is -2.33. The van der Waals surface area contributed by atoms with Crippen LogP contribution in [0.15, 0.2) is 42.5 Å². The molecule has 0 fully saturated rings. The summed E-state index contributed by atoms with van der Waals surface area (Å²) in [5.74, 6) is 0.130. The van der Waals surface area contributed by atoms with Gasteiger partial charge in [0, 0.05) is 18.7 Å². The van der Waals surface area contributed by atoms with Crippen molar-refractivity contribution in [1.82, 2.24) is 10.2 Å². The third-order valence-electron chi connectivity index (χ3n) is 3.72. The largest absolute Gasteiger partial charge is 0.339 e. The first-order valence-electron chi connectivity index (χ1n) is 7.75. The highest BCUT2D eigenvalue weighted by molar-refractivity contribution is 6.06. The third kappa shape index (κ3) is 3.82. The fourth-order valence-corrected chi connectivity index (χ4v) is 2.56. The van der Waals surface area contributed by atoms with Gasteiger partial charge in [0.25, 0.3) is 5.91 Å². The summed E-state index contributed by atoms with van der Waals surface area (Å²) in [4.78, 5) is 14.7. The summed E-state index contributed by atoms with van der Waals surface area (Å²) >= 11 is 0. The molecule has 0 aromatic heterocycles. The first kappa shape index (κ1) is 15.5. The molecular formula is C18H24N2O. The van der Waals surface area contributed by atoms with E-state index in [9.17, 15) is 4.79 Å². The molecule has 1 amide bonds. The van der Waals surface area contributed by atoms with Crippen LogP contribution in [0.5, 0.6) is 0 Å². The molecule has 0 saturated heterocycles. The molecule has 0 spiro atoms. The Bertz CT molecular complexity index is 589. The van der Waals surface area contributed by atoms with E-state index in [2.05, 4.69) is 12.2 Å². The number of nitrogens with zero attached hydrogens (tertiary/aromatic N) is 1. The Balaban J connectivity index is 2.16. The second-order valence-electron chi connectivity index (χ2n) is 5.12. The molecule has 0 bridgehead atoms. The zero-order chi connectivity index (χ0) is 15.1. The van der Waals surface area contributed by atoms with Crippen molar-refractivity contribution in [3.63, 3.8) is 0 Å².